The van der Waals surface area contributed by atoms with Crippen LogP contribution in [0.4, 0.5) is 10.2 Å². The van der Waals surface area contributed by atoms with Gasteiger partial charge in [-0.25, -0.2) is 9.37 Å². The molecule has 0 bridgehead atoms. The third-order valence-electron chi connectivity index (χ3n) is 3.17. The Hall–Kier alpha value is -2.50. The van der Waals surface area contributed by atoms with Crippen LogP contribution in [0.5, 0.6) is 0 Å². The normalized spacial score (nSPS) is 10.9. The minimum absolute atomic E-state index is 0.147. The smallest absolute Gasteiger partial charge is 0.203 e. The van der Waals surface area contributed by atoms with E-state index in [1.807, 2.05) is 12.1 Å². The molecule has 0 radical (unpaired) electrons. The van der Waals surface area contributed by atoms with Crippen LogP contribution in [0, 0.1) is 19.7 Å². The van der Waals surface area contributed by atoms with Gasteiger partial charge in [-0.05, 0) is 30.5 Å². The maximum absolute atomic E-state index is 13.6. The maximum Gasteiger partial charge on any atom is 0.203 e. The van der Waals surface area contributed by atoms with Crippen molar-refractivity contribution in [1.82, 2.24) is 19.6 Å². The first kappa shape index (κ1) is 12.5. The predicted molar refractivity (Wildman–Crippen MR) is 74.0 cm³/mol. The lowest BCUT2D eigenvalue weighted by molar-refractivity contribution is 0.608. The van der Waals surface area contributed by atoms with Crippen LogP contribution in [0.3, 0.4) is 0 Å². The molecule has 2 heterocycles. The van der Waals surface area contributed by atoms with Crippen molar-refractivity contribution in [2.75, 3.05) is 5.32 Å². The van der Waals surface area contributed by atoms with Crippen LogP contribution < -0.4 is 5.32 Å². The number of rotatable bonds is 3. The molecule has 3 rings (SSSR count). The molecular weight excluding hydrogens is 257 g/mol. The van der Waals surface area contributed by atoms with E-state index in [1.165, 1.54) is 0 Å². The van der Waals surface area contributed by atoms with E-state index in [-0.39, 0.29) is 5.82 Å². The zero-order valence-electron chi connectivity index (χ0n) is 11.3. The number of aromatic nitrogens is 4. The van der Waals surface area contributed by atoms with Crippen molar-refractivity contribution in [2.45, 2.75) is 20.4 Å². The van der Waals surface area contributed by atoms with Crippen LogP contribution in [0.25, 0.3) is 5.65 Å². The molecule has 1 N–H and O–H groups in total. The lowest BCUT2D eigenvalue weighted by Crippen LogP contribution is -2.04. The van der Waals surface area contributed by atoms with Gasteiger partial charge in [-0.2, -0.15) is 0 Å². The van der Waals surface area contributed by atoms with E-state index in [0.29, 0.717) is 29.1 Å². The molecule has 102 valence electrons. The minimum Gasteiger partial charge on any atom is -0.363 e. The van der Waals surface area contributed by atoms with Gasteiger partial charge in [-0.1, -0.05) is 12.1 Å². The number of nitrogens with one attached hydrogen (secondary N) is 1. The summed E-state index contributed by atoms with van der Waals surface area (Å²) in [5, 5.41) is 11.1. The Balaban J connectivity index is 1.85. The van der Waals surface area contributed by atoms with Gasteiger partial charge in [-0.15, -0.1) is 10.2 Å². The summed E-state index contributed by atoms with van der Waals surface area (Å²) in [7, 11) is 0. The van der Waals surface area contributed by atoms with Crippen molar-refractivity contribution < 1.29 is 4.39 Å². The largest absolute Gasteiger partial charge is 0.363 e. The fraction of sp³-hybridized carbons (Fsp3) is 0.214. The molecule has 0 spiro atoms. The Kier molecular flexibility index (Phi) is 3.06. The zero-order chi connectivity index (χ0) is 14.1. The number of halogens is 1. The summed E-state index contributed by atoms with van der Waals surface area (Å²) in [5.74, 6) is 0.510. The molecule has 1 aromatic carbocycles. The lowest BCUT2D eigenvalue weighted by atomic mass is 10.1. The fourth-order valence-electron chi connectivity index (χ4n) is 2.21. The molecule has 0 amide bonds. The van der Waals surface area contributed by atoms with Gasteiger partial charge in [-0.3, -0.25) is 4.40 Å². The summed E-state index contributed by atoms with van der Waals surface area (Å²) in [6.45, 7) is 4.09. The van der Waals surface area contributed by atoms with Crippen molar-refractivity contribution in [3.8, 4) is 0 Å². The highest BCUT2D eigenvalue weighted by Crippen LogP contribution is 2.16. The van der Waals surface area contributed by atoms with Crippen molar-refractivity contribution in [3.05, 3.63) is 53.4 Å². The van der Waals surface area contributed by atoms with Gasteiger partial charge < -0.3 is 5.32 Å². The Labute approximate surface area is 115 Å². The van der Waals surface area contributed by atoms with E-state index in [2.05, 4.69) is 20.5 Å². The summed E-state index contributed by atoms with van der Waals surface area (Å²) in [4.78, 5) is 4.25. The molecule has 0 saturated carbocycles. The molecular formula is C14H14FN5. The van der Waals surface area contributed by atoms with Crippen LogP contribution >= 0.6 is 0 Å². The molecule has 5 nitrogen and oxygen atoms in total. The van der Waals surface area contributed by atoms with Crippen molar-refractivity contribution in [3.63, 3.8) is 0 Å². The third-order valence-corrected chi connectivity index (χ3v) is 3.17. The summed E-state index contributed by atoms with van der Waals surface area (Å²) in [6.07, 6.45) is 5.08. The molecule has 0 aliphatic carbocycles. The SMILES string of the molecule is Cc1cc(CNc2nccn3cnnc23)cc(C)c1F. The van der Waals surface area contributed by atoms with E-state index in [4.69, 9.17) is 0 Å². The maximum atomic E-state index is 13.6. The summed E-state index contributed by atoms with van der Waals surface area (Å²) in [6, 6.07) is 3.67. The standard InChI is InChI=1S/C14H14FN5/c1-9-5-11(6-10(2)12(9)15)7-17-13-14-19-18-8-20(14)4-3-16-13/h3-6,8H,7H2,1-2H3,(H,16,17). The van der Waals surface area contributed by atoms with Gasteiger partial charge in [0.1, 0.15) is 12.1 Å². The van der Waals surface area contributed by atoms with Crippen LogP contribution in [0.1, 0.15) is 16.7 Å². The molecule has 20 heavy (non-hydrogen) atoms. The first-order valence-electron chi connectivity index (χ1n) is 6.29. The molecule has 0 aliphatic heterocycles. The van der Waals surface area contributed by atoms with Crippen LogP contribution in [0.15, 0.2) is 30.9 Å². The van der Waals surface area contributed by atoms with Gasteiger partial charge >= 0.3 is 0 Å². The second-order valence-corrected chi connectivity index (χ2v) is 4.73. The number of aryl methyl sites for hydroxylation is 2. The monoisotopic (exact) mass is 271 g/mol. The minimum atomic E-state index is -0.147. The number of fused-ring (bicyclic) bond motifs is 1. The predicted octanol–water partition coefficient (Wildman–Crippen LogP) is 2.49. The molecule has 0 fully saturated rings. The molecule has 0 atom stereocenters. The van der Waals surface area contributed by atoms with Crippen molar-refractivity contribution in [2.24, 2.45) is 0 Å². The van der Waals surface area contributed by atoms with Crippen molar-refractivity contribution in [1.29, 1.82) is 0 Å². The second kappa shape index (κ2) is 4.88. The highest BCUT2D eigenvalue weighted by molar-refractivity contribution is 5.61. The summed E-state index contributed by atoms with van der Waals surface area (Å²) in [5.41, 5.74) is 2.97. The van der Waals surface area contributed by atoms with E-state index < -0.39 is 0 Å². The Bertz CT molecular complexity index is 742. The number of nitrogens with zero attached hydrogens (tertiary/aromatic N) is 4. The Morgan fingerprint density at radius 2 is 2.00 bits per heavy atom. The Morgan fingerprint density at radius 3 is 2.75 bits per heavy atom. The first-order valence-corrected chi connectivity index (χ1v) is 6.29. The highest BCUT2D eigenvalue weighted by atomic mass is 19.1. The summed E-state index contributed by atoms with van der Waals surface area (Å²) < 4.78 is 15.4. The van der Waals surface area contributed by atoms with Crippen molar-refractivity contribution >= 4 is 11.5 Å². The molecule has 0 unspecified atom stereocenters. The molecule has 0 saturated heterocycles. The first-order chi connectivity index (χ1) is 9.65. The summed E-state index contributed by atoms with van der Waals surface area (Å²) >= 11 is 0. The average Bonchev–Trinajstić information content (AvgIpc) is 2.91. The number of hydrogen-bond donors (Lipinski definition) is 1. The van der Waals surface area contributed by atoms with Crippen LogP contribution in [-0.4, -0.2) is 19.6 Å². The number of hydrogen-bond acceptors (Lipinski definition) is 4. The van der Waals surface area contributed by atoms with E-state index in [1.54, 1.807) is 37.0 Å². The van der Waals surface area contributed by atoms with E-state index in [9.17, 15) is 4.39 Å². The average molecular weight is 271 g/mol. The number of anilines is 1. The van der Waals surface area contributed by atoms with Gasteiger partial charge in [0.05, 0.1) is 0 Å². The Morgan fingerprint density at radius 1 is 1.25 bits per heavy atom. The highest BCUT2D eigenvalue weighted by Gasteiger charge is 2.07. The van der Waals surface area contributed by atoms with Crippen LogP contribution in [0.2, 0.25) is 0 Å². The topological polar surface area (TPSA) is 55.1 Å². The molecule has 0 aliphatic rings. The van der Waals surface area contributed by atoms with Gasteiger partial charge in [0.2, 0.25) is 5.65 Å². The van der Waals surface area contributed by atoms with E-state index in [0.717, 1.165) is 5.56 Å². The molecule has 3 aromatic rings. The van der Waals surface area contributed by atoms with E-state index >= 15 is 0 Å². The quantitative estimate of drug-likeness (QED) is 0.795. The fourth-order valence-corrected chi connectivity index (χ4v) is 2.21. The van der Waals surface area contributed by atoms with Gasteiger partial charge in [0.25, 0.3) is 0 Å². The third kappa shape index (κ3) is 2.20. The van der Waals surface area contributed by atoms with Gasteiger partial charge in [0.15, 0.2) is 5.82 Å². The second-order valence-electron chi connectivity index (χ2n) is 4.73. The molecule has 2 aromatic heterocycles. The lowest BCUT2D eigenvalue weighted by Gasteiger charge is -2.09. The van der Waals surface area contributed by atoms with Crippen LogP contribution in [-0.2, 0) is 6.54 Å². The van der Waals surface area contributed by atoms with Gasteiger partial charge in [0, 0.05) is 18.9 Å². The molecule has 6 heteroatoms. The zero-order valence-corrected chi connectivity index (χ0v) is 11.3. The number of benzene rings is 1.